The molecule has 0 atom stereocenters. The van der Waals surface area contributed by atoms with Crippen molar-refractivity contribution in [2.24, 2.45) is 0 Å². The van der Waals surface area contributed by atoms with Crippen LogP contribution in [-0.4, -0.2) is 61.5 Å². The number of piperazine rings is 1. The molecule has 3 aromatic rings. The Kier molecular flexibility index (Phi) is 7.19. The minimum absolute atomic E-state index is 0.0952. The fourth-order valence-corrected chi connectivity index (χ4v) is 5.12. The SMILES string of the molecule is CCc1cc(C(=O)OC)c(NC(=O)CN2CCN(Cc3cccc4ccccc34)CC2)s1. The van der Waals surface area contributed by atoms with Crippen LogP contribution in [0, 0.1) is 0 Å². The third-order valence-corrected chi connectivity index (χ3v) is 7.09. The predicted molar refractivity (Wildman–Crippen MR) is 129 cm³/mol. The molecule has 0 radical (unpaired) electrons. The highest BCUT2D eigenvalue weighted by Crippen LogP contribution is 2.29. The van der Waals surface area contributed by atoms with Gasteiger partial charge < -0.3 is 10.1 Å². The van der Waals surface area contributed by atoms with Gasteiger partial charge in [-0.1, -0.05) is 49.4 Å². The van der Waals surface area contributed by atoms with Crippen LogP contribution in [0.3, 0.4) is 0 Å². The second-order valence-corrected chi connectivity index (χ2v) is 9.18. The molecule has 32 heavy (non-hydrogen) atoms. The molecule has 1 amide bonds. The number of hydrogen-bond donors (Lipinski definition) is 1. The van der Waals surface area contributed by atoms with E-state index in [4.69, 9.17) is 4.74 Å². The quantitative estimate of drug-likeness (QED) is 0.550. The largest absolute Gasteiger partial charge is 0.465 e. The second kappa shape index (κ2) is 10.3. The van der Waals surface area contributed by atoms with E-state index in [1.807, 2.05) is 6.92 Å². The summed E-state index contributed by atoms with van der Waals surface area (Å²) >= 11 is 1.44. The number of methoxy groups -OCH3 is 1. The maximum atomic E-state index is 12.6. The molecule has 0 bridgehead atoms. The molecule has 1 fully saturated rings. The Morgan fingerprint density at radius 2 is 1.75 bits per heavy atom. The summed E-state index contributed by atoms with van der Waals surface area (Å²) in [7, 11) is 1.36. The number of fused-ring (bicyclic) bond motifs is 1. The van der Waals surface area contributed by atoms with Gasteiger partial charge in [-0.15, -0.1) is 11.3 Å². The van der Waals surface area contributed by atoms with Gasteiger partial charge in [-0.2, -0.15) is 0 Å². The maximum Gasteiger partial charge on any atom is 0.340 e. The van der Waals surface area contributed by atoms with Crippen molar-refractivity contribution in [3.8, 4) is 0 Å². The van der Waals surface area contributed by atoms with Crippen LogP contribution < -0.4 is 5.32 Å². The minimum atomic E-state index is -0.418. The minimum Gasteiger partial charge on any atom is -0.465 e. The topological polar surface area (TPSA) is 61.9 Å². The highest BCUT2D eigenvalue weighted by molar-refractivity contribution is 7.16. The second-order valence-electron chi connectivity index (χ2n) is 8.04. The highest BCUT2D eigenvalue weighted by atomic mass is 32.1. The standard InChI is InChI=1S/C25H29N3O3S/c1-3-20-15-22(25(30)31-2)24(32-20)26-23(29)17-28-13-11-27(12-14-28)16-19-9-6-8-18-7-4-5-10-21(18)19/h4-10,15H,3,11-14,16-17H2,1-2H3,(H,26,29). The average molecular weight is 452 g/mol. The van der Waals surface area contributed by atoms with E-state index in [-0.39, 0.29) is 5.91 Å². The van der Waals surface area contributed by atoms with Crippen LogP contribution in [0.15, 0.2) is 48.5 Å². The zero-order valence-electron chi connectivity index (χ0n) is 18.6. The molecule has 0 aliphatic carbocycles. The average Bonchev–Trinajstić information content (AvgIpc) is 3.22. The number of rotatable bonds is 7. The number of thiophene rings is 1. The van der Waals surface area contributed by atoms with Crippen LogP contribution in [0.2, 0.25) is 0 Å². The van der Waals surface area contributed by atoms with E-state index >= 15 is 0 Å². The van der Waals surface area contributed by atoms with Gasteiger partial charge in [0.25, 0.3) is 0 Å². The Balaban J connectivity index is 1.31. The van der Waals surface area contributed by atoms with Crippen molar-refractivity contribution >= 4 is 39.0 Å². The molecule has 7 heteroatoms. The summed E-state index contributed by atoms with van der Waals surface area (Å²) in [6.07, 6.45) is 0.809. The molecule has 1 aliphatic rings. The van der Waals surface area contributed by atoms with Gasteiger partial charge in [-0.05, 0) is 28.8 Å². The molecule has 1 N–H and O–H groups in total. The summed E-state index contributed by atoms with van der Waals surface area (Å²) in [5.74, 6) is -0.513. The number of anilines is 1. The van der Waals surface area contributed by atoms with E-state index in [0.717, 1.165) is 44.0 Å². The van der Waals surface area contributed by atoms with Gasteiger partial charge in [0.1, 0.15) is 5.00 Å². The number of hydrogen-bond acceptors (Lipinski definition) is 6. The number of amides is 1. The number of benzene rings is 2. The Bertz CT molecular complexity index is 1100. The molecule has 1 aliphatic heterocycles. The van der Waals surface area contributed by atoms with Crippen LogP contribution in [0.1, 0.15) is 27.7 Å². The molecule has 2 aromatic carbocycles. The molecule has 1 saturated heterocycles. The Hall–Kier alpha value is -2.74. The first-order chi connectivity index (χ1) is 15.6. The summed E-state index contributed by atoms with van der Waals surface area (Å²) in [4.78, 5) is 30.3. The van der Waals surface area contributed by atoms with E-state index in [9.17, 15) is 9.59 Å². The van der Waals surface area contributed by atoms with Gasteiger partial charge >= 0.3 is 5.97 Å². The predicted octanol–water partition coefficient (Wildman–Crippen LogP) is 4.01. The van der Waals surface area contributed by atoms with Crippen molar-refractivity contribution in [2.45, 2.75) is 19.9 Å². The van der Waals surface area contributed by atoms with Gasteiger partial charge in [-0.25, -0.2) is 4.79 Å². The third kappa shape index (κ3) is 5.18. The monoisotopic (exact) mass is 451 g/mol. The number of ether oxygens (including phenoxy) is 1. The summed E-state index contributed by atoms with van der Waals surface area (Å²) in [5.41, 5.74) is 1.77. The lowest BCUT2D eigenvalue weighted by Crippen LogP contribution is -2.48. The first-order valence-corrected chi connectivity index (χ1v) is 11.8. The normalized spacial score (nSPS) is 15.1. The number of aryl methyl sites for hydroxylation is 1. The number of nitrogens with zero attached hydrogens (tertiary/aromatic N) is 2. The van der Waals surface area contributed by atoms with Gasteiger partial charge in [0, 0.05) is 37.6 Å². The summed E-state index contributed by atoms with van der Waals surface area (Å²) < 4.78 is 4.85. The van der Waals surface area contributed by atoms with Crippen molar-refractivity contribution < 1.29 is 14.3 Å². The Morgan fingerprint density at radius 3 is 2.50 bits per heavy atom. The lowest BCUT2D eigenvalue weighted by molar-refractivity contribution is -0.117. The van der Waals surface area contributed by atoms with Crippen molar-refractivity contribution in [3.05, 3.63) is 64.5 Å². The number of carbonyl (C=O) groups excluding carboxylic acids is 2. The molecule has 1 aromatic heterocycles. The van der Waals surface area contributed by atoms with Crippen LogP contribution in [0.5, 0.6) is 0 Å². The van der Waals surface area contributed by atoms with Crippen LogP contribution in [0.25, 0.3) is 10.8 Å². The van der Waals surface area contributed by atoms with E-state index in [1.165, 1.54) is 34.8 Å². The zero-order valence-corrected chi connectivity index (χ0v) is 19.4. The number of carbonyl (C=O) groups is 2. The Morgan fingerprint density at radius 1 is 1.03 bits per heavy atom. The molecule has 0 saturated carbocycles. The third-order valence-electron chi connectivity index (χ3n) is 5.90. The lowest BCUT2D eigenvalue weighted by Gasteiger charge is -2.34. The fraction of sp³-hybridized carbons (Fsp3) is 0.360. The maximum absolute atomic E-state index is 12.6. The number of nitrogens with one attached hydrogen (secondary N) is 1. The molecule has 4 rings (SSSR count). The molecule has 2 heterocycles. The van der Waals surface area contributed by atoms with Crippen LogP contribution >= 0.6 is 11.3 Å². The van der Waals surface area contributed by atoms with Gasteiger partial charge in [0.15, 0.2) is 0 Å². The van der Waals surface area contributed by atoms with Gasteiger partial charge in [0.2, 0.25) is 5.91 Å². The summed E-state index contributed by atoms with van der Waals surface area (Å²) in [5, 5.41) is 6.08. The van der Waals surface area contributed by atoms with E-state index < -0.39 is 5.97 Å². The highest BCUT2D eigenvalue weighted by Gasteiger charge is 2.22. The Labute approximate surface area is 192 Å². The lowest BCUT2D eigenvalue weighted by atomic mass is 10.0. The van der Waals surface area contributed by atoms with Gasteiger partial charge in [0.05, 0.1) is 19.2 Å². The first kappa shape index (κ1) is 22.5. The fourth-order valence-electron chi connectivity index (χ4n) is 4.12. The van der Waals surface area contributed by atoms with E-state index in [0.29, 0.717) is 17.1 Å². The number of esters is 1. The van der Waals surface area contributed by atoms with E-state index in [2.05, 4.69) is 57.6 Å². The smallest absolute Gasteiger partial charge is 0.340 e. The van der Waals surface area contributed by atoms with Crippen molar-refractivity contribution in [1.82, 2.24) is 9.80 Å². The molecule has 0 unspecified atom stereocenters. The van der Waals surface area contributed by atoms with Crippen LogP contribution in [-0.2, 0) is 22.5 Å². The van der Waals surface area contributed by atoms with Crippen molar-refractivity contribution in [3.63, 3.8) is 0 Å². The van der Waals surface area contributed by atoms with E-state index in [1.54, 1.807) is 6.07 Å². The molecule has 6 nitrogen and oxygen atoms in total. The van der Waals surface area contributed by atoms with Crippen molar-refractivity contribution in [1.29, 1.82) is 0 Å². The first-order valence-electron chi connectivity index (χ1n) is 11.0. The molecule has 0 spiro atoms. The molecule has 168 valence electrons. The van der Waals surface area contributed by atoms with Crippen LogP contribution in [0.4, 0.5) is 5.00 Å². The molecular formula is C25H29N3O3S. The zero-order chi connectivity index (χ0) is 22.5. The summed E-state index contributed by atoms with van der Waals surface area (Å²) in [6.45, 7) is 6.78. The summed E-state index contributed by atoms with van der Waals surface area (Å²) in [6, 6.07) is 16.8. The van der Waals surface area contributed by atoms with Crippen molar-refractivity contribution in [2.75, 3.05) is 45.2 Å². The van der Waals surface area contributed by atoms with Gasteiger partial charge in [-0.3, -0.25) is 14.6 Å². The molecular weight excluding hydrogens is 422 g/mol.